The van der Waals surface area contributed by atoms with E-state index in [1.54, 1.807) is 17.6 Å². The lowest BCUT2D eigenvalue weighted by atomic mass is 9.88. The van der Waals surface area contributed by atoms with E-state index >= 15 is 0 Å². The lowest BCUT2D eigenvalue weighted by Gasteiger charge is -2.22. The number of rotatable bonds is 3. The third-order valence-corrected chi connectivity index (χ3v) is 5.40. The minimum absolute atomic E-state index is 0.0750. The number of hydrogen-bond acceptors (Lipinski definition) is 4. The Morgan fingerprint density at radius 1 is 1.12 bits per heavy atom. The van der Waals surface area contributed by atoms with Crippen LogP contribution in [0.5, 0.6) is 0 Å². The molecule has 1 aromatic carbocycles. The highest BCUT2D eigenvalue weighted by Crippen LogP contribution is 2.31. The molecule has 0 N–H and O–H groups in total. The molecule has 4 nitrogen and oxygen atoms in total. The van der Waals surface area contributed by atoms with Crippen molar-refractivity contribution in [2.75, 3.05) is 0 Å². The number of thiophene rings is 1. The summed E-state index contributed by atoms with van der Waals surface area (Å²) in [6, 6.07) is 11.5. The van der Waals surface area contributed by atoms with Crippen LogP contribution in [0, 0.1) is 0 Å². The Morgan fingerprint density at radius 3 is 2.75 bits per heavy atom. The molecule has 1 fully saturated rings. The van der Waals surface area contributed by atoms with Crippen LogP contribution in [-0.2, 0) is 0 Å². The molecule has 0 radical (unpaired) electrons. The second kappa shape index (κ2) is 6.69. The number of fused-ring (bicyclic) bond motifs is 1. The van der Waals surface area contributed by atoms with Gasteiger partial charge in [0.2, 0.25) is 0 Å². The predicted molar refractivity (Wildman–Crippen MR) is 99.1 cm³/mol. The Balaban J connectivity index is 1.87. The number of para-hydroxylation sites is 1. The standard InChI is InChI=1S/C19H19N3OS/c23-19-16-10-4-5-11-17(16)21-18(14-7-2-1-3-8-14)22(19)20-13-15-9-6-12-24-15/h4-6,9-14H,1-3,7-8H2. The van der Waals surface area contributed by atoms with E-state index in [1.807, 2.05) is 41.8 Å². The lowest BCUT2D eigenvalue weighted by Crippen LogP contribution is -2.25. The van der Waals surface area contributed by atoms with Gasteiger partial charge in [-0.05, 0) is 36.4 Å². The fourth-order valence-electron chi connectivity index (χ4n) is 3.36. The first-order valence-corrected chi connectivity index (χ1v) is 9.30. The van der Waals surface area contributed by atoms with Gasteiger partial charge >= 0.3 is 0 Å². The molecule has 2 heterocycles. The summed E-state index contributed by atoms with van der Waals surface area (Å²) in [4.78, 5) is 18.8. The third-order valence-electron chi connectivity index (χ3n) is 4.59. The number of aromatic nitrogens is 2. The first kappa shape index (κ1) is 15.3. The van der Waals surface area contributed by atoms with Crippen molar-refractivity contribution in [3.8, 4) is 0 Å². The highest BCUT2D eigenvalue weighted by atomic mass is 32.1. The first-order chi connectivity index (χ1) is 11.8. The van der Waals surface area contributed by atoms with Gasteiger partial charge in [-0.3, -0.25) is 4.79 Å². The Morgan fingerprint density at radius 2 is 1.96 bits per heavy atom. The van der Waals surface area contributed by atoms with Crippen molar-refractivity contribution in [1.29, 1.82) is 0 Å². The van der Waals surface area contributed by atoms with Crippen molar-refractivity contribution >= 4 is 28.5 Å². The largest absolute Gasteiger partial charge is 0.282 e. The summed E-state index contributed by atoms with van der Waals surface area (Å²) in [5.74, 6) is 1.13. The monoisotopic (exact) mass is 337 g/mol. The molecular weight excluding hydrogens is 318 g/mol. The summed E-state index contributed by atoms with van der Waals surface area (Å²) in [6.07, 6.45) is 7.59. The van der Waals surface area contributed by atoms with Gasteiger partial charge in [-0.2, -0.15) is 9.78 Å². The summed E-state index contributed by atoms with van der Waals surface area (Å²) in [7, 11) is 0. The SMILES string of the molecule is O=c1c2ccccc2nc(C2CCCCC2)n1N=Cc1cccs1. The van der Waals surface area contributed by atoms with Crippen LogP contribution in [0.1, 0.15) is 48.7 Å². The predicted octanol–water partition coefficient (Wildman–Crippen LogP) is 4.39. The van der Waals surface area contributed by atoms with Crippen molar-refractivity contribution < 1.29 is 0 Å². The van der Waals surface area contributed by atoms with Crippen molar-refractivity contribution in [2.45, 2.75) is 38.0 Å². The van der Waals surface area contributed by atoms with E-state index in [0.29, 0.717) is 11.3 Å². The highest BCUT2D eigenvalue weighted by Gasteiger charge is 2.22. The summed E-state index contributed by atoms with van der Waals surface area (Å²) >= 11 is 1.61. The summed E-state index contributed by atoms with van der Waals surface area (Å²) in [5.41, 5.74) is 0.694. The molecule has 1 saturated carbocycles. The molecule has 0 amide bonds. The maximum atomic E-state index is 13.0. The molecular formula is C19H19N3OS. The van der Waals surface area contributed by atoms with Crippen LogP contribution in [0.3, 0.4) is 0 Å². The van der Waals surface area contributed by atoms with Crippen LogP contribution >= 0.6 is 11.3 Å². The van der Waals surface area contributed by atoms with Gasteiger partial charge in [-0.15, -0.1) is 11.3 Å². The zero-order valence-corrected chi connectivity index (χ0v) is 14.2. The van der Waals surface area contributed by atoms with E-state index in [0.717, 1.165) is 29.1 Å². The summed E-state index contributed by atoms with van der Waals surface area (Å²) in [6.45, 7) is 0. The number of benzene rings is 1. The van der Waals surface area contributed by atoms with Crippen molar-refractivity contribution in [2.24, 2.45) is 5.10 Å². The van der Waals surface area contributed by atoms with Gasteiger partial charge in [0.05, 0.1) is 17.1 Å². The minimum Gasteiger partial charge on any atom is -0.267 e. The zero-order chi connectivity index (χ0) is 16.4. The van der Waals surface area contributed by atoms with Crippen LogP contribution < -0.4 is 5.56 Å². The quantitative estimate of drug-likeness (QED) is 0.666. The molecule has 1 aliphatic rings. The van der Waals surface area contributed by atoms with Crippen LogP contribution in [0.4, 0.5) is 0 Å². The lowest BCUT2D eigenvalue weighted by molar-refractivity contribution is 0.416. The fraction of sp³-hybridized carbons (Fsp3) is 0.316. The Kier molecular flexibility index (Phi) is 4.26. The van der Waals surface area contributed by atoms with Gasteiger partial charge in [0.15, 0.2) is 0 Å². The first-order valence-electron chi connectivity index (χ1n) is 8.42. The smallest absolute Gasteiger partial charge is 0.267 e. The normalized spacial score (nSPS) is 16.2. The fourth-order valence-corrected chi connectivity index (χ4v) is 3.94. The van der Waals surface area contributed by atoms with Crippen LogP contribution in [0.25, 0.3) is 10.9 Å². The average molecular weight is 337 g/mol. The molecule has 0 bridgehead atoms. The molecule has 2 aromatic heterocycles. The molecule has 0 spiro atoms. The maximum absolute atomic E-state index is 13.0. The van der Waals surface area contributed by atoms with E-state index < -0.39 is 0 Å². The molecule has 0 unspecified atom stereocenters. The molecule has 24 heavy (non-hydrogen) atoms. The van der Waals surface area contributed by atoms with Crippen LogP contribution in [-0.4, -0.2) is 15.9 Å². The summed E-state index contributed by atoms with van der Waals surface area (Å²) < 4.78 is 1.53. The van der Waals surface area contributed by atoms with E-state index in [-0.39, 0.29) is 5.56 Å². The van der Waals surface area contributed by atoms with Gasteiger partial charge in [0.25, 0.3) is 5.56 Å². The van der Waals surface area contributed by atoms with Gasteiger partial charge in [0.1, 0.15) is 5.82 Å². The summed E-state index contributed by atoms with van der Waals surface area (Å²) in [5, 5.41) is 7.13. The van der Waals surface area contributed by atoms with Crippen molar-refractivity contribution in [3.63, 3.8) is 0 Å². The second-order valence-corrected chi connectivity index (χ2v) is 7.18. The average Bonchev–Trinajstić information content (AvgIpc) is 3.15. The molecule has 4 rings (SSSR count). The van der Waals surface area contributed by atoms with Crippen LogP contribution in [0.2, 0.25) is 0 Å². The van der Waals surface area contributed by atoms with Gasteiger partial charge in [-0.1, -0.05) is 37.5 Å². The third kappa shape index (κ3) is 2.91. The van der Waals surface area contributed by atoms with E-state index in [2.05, 4.69) is 5.10 Å². The van der Waals surface area contributed by atoms with Gasteiger partial charge in [-0.25, -0.2) is 4.98 Å². The van der Waals surface area contributed by atoms with E-state index in [1.165, 1.54) is 23.9 Å². The molecule has 5 heteroatoms. The second-order valence-electron chi connectivity index (χ2n) is 6.20. The topological polar surface area (TPSA) is 47.2 Å². The maximum Gasteiger partial charge on any atom is 0.282 e. The molecule has 0 atom stereocenters. The highest BCUT2D eigenvalue weighted by molar-refractivity contribution is 7.11. The molecule has 1 aliphatic carbocycles. The Hall–Kier alpha value is -2.27. The van der Waals surface area contributed by atoms with Gasteiger partial charge in [0, 0.05) is 10.8 Å². The van der Waals surface area contributed by atoms with Crippen molar-refractivity contribution in [1.82, 2.24) is 9.66 Å². The minimum atomic E-state index is -0.0750. The van der Waals surface area contributed by atoms with E-state index in [4.69, 9.17) is 4.98 Å². The number of nitrogens with zero attached hydrogens (tertiary/aromatic N) is 3. The van der Waals surface area contributed by atoms with Crippen LogP contribution in [0.15, 0.2) is 51.7 Å². The molecule has 3 aromatic rings. The Bertz CT molecular complexity index is 921. The zero-order valence-electron chi connectivity index (χ0n) is 13.4. The van der Waals surface area contributed by atoms with Crippen molar-refractivity contribution in [3.05, 3.63) is 62.8 Å². The van der Waals surface area contributed by atoms with E-state index in [9.17, 15) is 4.79 Å². The molecule has 0 aliphatic heterocycles. The molecule has 0 saturated heterocycles. The number of hydrogen-bond donors (Lipinski definition) is 0. The molecule has 122 valence electrons. The Labute approximate surface area is 144 Å². The van der Waals surface area contributed by atoms with Gasteiger partial charge < -0.3 is 0 Å².